The van der Waals surface area contributed by atoms with Gasteiger partial charge in [0.25, 0.3) is 0 Å². The highest BCUT2D eigenvalue weighted by Crippen LogP contribution is 2.31. The molecule has 2 saturated heterocycles. The molecular formula is C14H27NO3. The van der Waals surface area contributed by atoms with E-state index in [4.69, 9.17) is 14.2 Å². The summed E-state index contributed by atoms with van der Waals surface area (Å²) in [7, 11) is 0. The third-order valence-electron chi connectivity index (χ3n) is 3.13. The number of nitrogens with one attached hydrogen (secondary N) is 1. The van der Waals surface area contributed by atoms with Gasteiger partial charge in [0.15, 0.2) is 0 Å². The van der Waals surface area contributed by atoms with Gasteiger partial charge in [-0.1, -0.05) is 0 Å². The lowest BCUT2D eigenvalue weighted by molar-refractivity contribution is -0.103. The summed E-state index contributed by atoms with van der Waals surface area (Å²) in [6.07, 6.45) is 0.252. The average Bonchev–Trinajstić information content (AvgIpc) is 2.66. The molecule has 2 aliphatic rings. The molecule has 0 aliphatic carbocycles. The summed E-state index contributed by atoms with van der Waals surface area (Å²) in [5.41, 5.74) is -0.0724. The Kier molecular flexibility index (Phi) is 3.76. The molecule has 4 atom stereocenters. The lowest BCUT2D eigenvalue weighted by Crippen LogP contribution is -2.50. The van der Waals surface area contributed by atoms with Crippen LogP contribution in [0.4, 0.5) is 0 Å². The van der Waals surface area contributed by atoms with E-state index in [0.717, 1.165) is 0 Å². The van der Waals surface area contributed by atoms with E-state index < -0.39 is 0 Å². The van der Waals surface area contributed by atoms with Gasteiger partial charge in [0.2, 0.25) is 0 Å². The number of fused-ring (bicyclic) bond motifs is 1. The zero-order valence-electron chi connectivity index (χ0n) is 12.4. The Labute approximate surface area is 110 Å². The van der Waals surface area contributed by atoms with Crippen molar-refractivity contribution in [3.63, 3.8) is 0 Å². The molecule has 4 unspecified atom stereocenters. The van der Waals surface area contributed by atoms with Crippen molar-refractivity contribution in [1.29, 1.82) is 0 Å². The first kappa shape index (κ1) is 14.3. The van der Waals surface area contributed by atoms with Crippen LogP contribution < -0.4 is 5.32 Å². The van der Waals surface area contributed by atoms with Crippen LogP contribution in [0.3, 0.4) is 0 Å². The van der Waals surface area contributed by atoms with E-state index in [9.17, 15) is 0 Å². The Morgan fingerprint density at radius 2 is 1.56 bits per heavy atom. The van der Waals surface area contributed by atoms with E-state index in [1.165, 1.54) is 0 Å². The van der Waals surface area contributed by atoms with Gasteiger partial charge in [-0.2, -0.15) is 0 Å². The summed E-state index contributed by atoms with van der Waals surface area (Å²) in [6.45, 7) is 14.0. The van der Waals surface area contributed by atoms with Gasteiger partial charge in [-0.15, -0.1) is 0 Å². The van der Waals surface area contributed by atoms with Crippen molar-refractivity contribution in [3.05, 3.63) is 0 Å². The number of ether oxygens (including phenoxy) is 3. The molecular weight excluding hydrogens is 230 g/mol. The van der Waals surface area contributed by atoms with E-state index in [1.54, 1.807) is 0 Å². The molecule has 4 nitrogen and oxygen atoms in total. The summed E-state index contributed by atoms with van der Waals surface area (Å²) in [4.78, 5) is 0. The molecule has 0 amide bonds. The third kappa shape index (κ3) is 3.44. The number of hydrogen-bond donors (Lipinski definition) is 1. The average molecular weight is 257 g/mol. The van der Waals surface area contributed by atoms with Crippen LogP contribution in [0.2, 0.25) is 0 Å². The molecule has 1 N–H and O–H groups in total. The first-order chi connectivity index (χ1) is 8.16. The fraction of sp³-hybridized carbons (Fsp3) is 1.00. The van der Waals surface area contributed by atoms with E-state index >= 15 is 0 Å². The predicted octanol–water partition coefficient (Wildman–Crippen LogP) is 1.72. The van der Waals surface area contributed by atoms with Crippen molar-refractivity contribution in [2.45, 2.75) is 77.0 Å². The molecule has 4 heteroatoms. The van der Waals surface area contributed by atoms with Crippen LogP contribution in [0, 0.1) is 0 Å². The van der Waals surface area contributed by atoms with Crippen LogP contribution >= 0.6 is 0 Å². The van der Waals surface area contributed by atoms with Crippen molar-refractivity contribution < 1.29 is 14.2 Å². The second kappa shape index (κ2) is 4.75. The minimum absolute atomic E-state index is 0.0572. The Balaban J connectivity index is 1.95. The Morgan fingerprint density at radius 3 is 2.11 bits per heavy atom. The monoisotopic (exact) mass is 257 g/mol. The van der Waals surface area contributed by atoms with Gasteiger partial charge in [0.1, 0.15) is 18.3 Å². The minimum atomic E-state index is -0.151. The number of hydrogen-bond acceptors (Lipinski definition) is 4. The Bertz CT molecular complexity index is 262. The quantitative estimate of drug-likeness (QED) is 0.818. The fourth-order valence-electron chi connectivity index (χ4n) is 2.70. The normalized spacial score (nSPS) is 37.0. The van der Waals surface area contributed by atoms with Crippen molar-refractivity contribution in [2.75, 3.05) is 13.2 Å². The molecule has 2 aliphatic heterocycles. The maximum atomic E-state index is 6.01. The maximum Gasteiger partial charge on any atom is 0.114 e. The van der Waals surface area contributed by atoms with Gasteiger partial charge in [-0.05, 0) is 41.5 Å². The highest BCUT2D eigenvalue weighted by Gasteiger charge is 2.49. The van der Waals surface area contributed by atoms with Gasteiger partial charge < -0.3 is 19.5 Å². The first-order valence-corrected chi connectivity index (χ1v) is 6.84. The van der Waals surface area contributed by atoms with Gasteiger partial charge in [0.05, 0.1) is 24.9 Å². The van der Waals surface area contributed by atoms with Crippen molar-refractivity contribution in [1.82, 2.24) is 5.32 Å². The molecule has 0 spiro atoms. The second-order valence-electron chi connectivity index (χ2n) is 7.37. The van der Waals surface area contributed by atoms with E-state index in [-0.39, 0.29) is 35.5 Å². The molecule has 0 bridgehead atoms. The van der Waals surface area contributed by atoms with Crippen LogP contribution in [0.25, 0.3) is 0 Å². The third-order valence-corrected chi connectivity index (χ3v) is 3.13. The summed E-state index contributed by atoms with van der Waals surface area (Å²) >= 11 is 0. The highest BCUT2D eigenvalue weighted by molar-refractivity contribution is 5.00. The predicted molar refractivity (Wildman–Crippen MR) is 70.8 cm³/mol. The molecule has 0 saturated carbocycles. The lowest BCUT2D eigenvalue weighted by Gasteiger charge is -2.28. The molecule has 106 valence electrons. The summed E-state index contributed by atoms with van der Waals surface area (Å²) in [5, 5.41) is 3.57. The van der Waals surface area contributed by atoms with Crippen molar-refractivity contribution >= 4 is 0 Å². The minimum Gasteiger partial charge on any atom is -0.371 e. The lowest BCUT2D eigenvalue weighted by atomic mass is 10.0. The number of rotatable bonds is 2. The SMILES string of the molecule is CC(C)(C)NC1COC2C(OC(C)(C)C)COC12. The zero-order valence-corrected chi connectivity index (χ0v) is 12.4. The van der Waals surface area contributed by atoms with Crippen LogP contribution in [-0.4, -0.2) is 48.7 Å². The molecule has 2 rings (SSSR count). The van der Waals surface area contributed by atoms with Crippen molar-refractivity contribution in [2.24, 2.45) is 0 Å². The van der Waals surface area contributed by atoms with Gasteiger partial charge in [-0.3, -0.25) is 0 Å². The fourth-order valence-corrected chi connectivity index (χ4v) is 2.70. The smallest absolute Gasteiger partial charge is 0.114 e. The molecule has 0 aromatic rings. The Morgan fingerprint density at radius 1 is 0.944 bits per heavy atom. The molecule has 2 heterocycles. The topological polar surface area (TPSA) is 39.7 Å². The first-order valence-electron chi connectivity index (χ1n) is 6.84. The van der Waals surface area contributed by atoms with E-state index in [1.807, 2.05) is 0 Å². The summed E-state index contributed by atoms with van der Waals surface area (Å²) < 4.78 is 17.8. The van der Waals surface area contributed by atoms with E-state index in [2.05, 4.69) is 46.9 Å². The molecule has 0 aromatic carbocycles. The zero-order chi connectivity index (χ0) is 13.6. The Hall–Kier alpha value is -0.160. The molecule has 0 aromatic heterocycles. The van der Waals surface area contributed by atoms with Crippen LogP contribution in [0.15, 0.2) is 0 Å². The summed E-state index contributed by atoms with van der Waals surface area (Å²) in [5.74, 6) is 0. The van der Waals surface area contributed by atoms with Crippen LogP contribution in [-0.2, 0) is 14.2 Å². The van der Waals surface area contributed by atoms with Crippen LogP contribution in [0.5, 0.6) is 0 Å². The molecule has 18 heavy (non-hydrogen) atoms. The second-order valence-corrected chi connectivity index (χ2v) is 7.37. The largest absolute Gasteiger partial charge is 0.371 e. The van der Waals surface area contributed by atoms with Crippen molar-refractivity contribution in [3.8, 4) is 0 Å². The molecule has 2 fully saturated rings. The maximum absolute atomic E-state index is 6.01. The van der Waals surface area contributed by atoms with E-state index in [0.29, 0.717) is 13.2 Å². The van der Waals surface area contributed by atoms with Crippen LogP contribution in [0.1, 0.15) is 41.5 Å². The van der Waals surface area contributed by atoms with Gasteiger partial charge in [0, 0.05) is 5.54 Å². The van der Waals surface area contributed by atoms with Gasteiger partial charge in [-0.25, -0.2) is 0 Å². The van der Waals surface area contributed by atoms with Gasteiger partial charge >= 0.3 is 0 Å². The highest BCUT2D eigenvalue weighted by atomic mass is 16.6. The molecule has 0 radical (unpaired) electrons. The summed E-state index contributed by atoms with van der Waals surface area (Å²) in [6, 6.07) is 0.267. The standard InChI is InChI=1S/C14H27NO3/c1-13(2,3)15-9-7-16-12-10(8-17-11(9)12)18-14(4,5)6/h9-12,15H,7-8H2,1-6H3.